The average Bonchev–Trinajstić information content (AvgIpc) is 2.42. The molecule has 12 heteroatoms. The number of carbonyl (C=O) groups is 1. The molecule has 1 aliphatic heterocycles. The molecule has 0 aromatic heterocycles. The number of aliphatic hydroxyl groups excluding tert-OH is 3. The molecule has 0 radical (unpaired) electrons. The molecule has 2 atom stereocenters. The Bertz CT molecular complexity index is 409. The minimum Gasteiger partial charge on any atom is -0.870 e. The van der Waals surface area contributed by atoms with Gasteiger partial charge in [0.2, 0.25) is 0 Å². The van der Waals surface area contributed by atoms with E-state index < -0.39 is 45.4 Å². The van der Waals surface area contributed by atoms with Crippen LogP contribution in [0.15, 0.2) is 11.5 Å². The Balaban J connectivity index is 0. The van der Waals surface area contributed by atoms with Gasteiger partial charge in [-0.1, -0.05) is 0 Å². The number of aliphatic hydroxyl groups is 3. The van der Waals surface area contributed by atoms with E-state index in [9.17, 15) is 9.90 Å². The van der Waals surface area contributed by atoms with E-state index in [1.165, 1.54) is 0 Å². The van der Waals surface area contributed by atoms with Crippen molar-refractivity contribution in [3.05, 3.63) is 11.5 Å². The van der Waals surface area contributed by atoms with Crippen LogP contribution in [-0.4, -0.2) is 53.4 Å². The van der Waals surface area contributed by atoms with Crippen molar-refractivity contribution in [1.82, 2.24) is 0 Å². The molecular formula is C6H9NaO9S2. The summed E-state index contributed by atoms with van der Waals surface area (Å²) in [6, 6.07) is 0. The summed E-state index contributed by atoms with van der Waals surface area (Å²) in [7, 11) is -3.83. The number of carbonyl (C=O) groups excluding carboxylic acids is 1. The molecule has 0 saturated heterocycles. The smallest absolute Gasteiger partial charge is 0.870 e. The number of hydrogen-bond donors (Lipinski definition) is 5. The van der Waals surface area contributed by atoms with Gasteiger partial charge in [0, 0.05) is 11.2 Å². The largest absolute Gasteiger partial charge is 1.00 e. The molecule has 0 fully saturated rings. The Labute approximate surface area is 129 Å². The normalized spacial score (nSPS) is 20.4. The van der Waals surface area contributed by atoms with Crippen LogP contribution >= 0.6 is 0 Å². The van der Waals surface area contributed by atoms with Crippen molar-refractivity contribution in [3.63, 3.8) is 0 Å². The van der Waals surface area contributed by atoms with Gasteiger partial charge in [-0.05, 0) is 5.76 Å². The van der Waals surface area contributed by atoms with Crippen molar-refractivity contribution in [3.8, 4) is 0 Å². The summed E-state index contributed by atoms with van der Waals surface area (Å²) in [5.74, 6) is -3.20. The van der Waals surface area contributed by atoms with Gasteiger partial charge in [-0.25, -0.2) is 4.79 Å². The first-order chi connectivity index (χ1) is 7.57. The average molecular weight is 312 g/mol. The quantitative estimate of drug-likeness (QED) is 0.244. The maximum absolute atomic E-state index is 10.8. The van der Waals surface area contributed by atoms with E-state index in [-0.39, 0.29) is 29.6 Å². The number of esters is 1. The van der Waals surface area contributed by atoms with E-state index in [4.69, 9.17) is 28.6 Å². The SMILES string of the molecule is O=C1O[C@H]([C@@H](O)CO)C([O-])=C1O.O=S(O)(O)=S.[Na+]. The molecule has 5 N–H and O–H groups in total. The van der Waals surface area contributed by atoms with Crippen LogP contribution < -0.4 is 34.7 Å². The van der Waals surface area contributed by atoms with Gasteiger partial charge >= 0.3 is 35.5 Å². The minimum atomic E-state index is -3.83. The van der Waals surface area contributed by atoms with Gasteiger partial charge in [-0.2, -0.15) is 4.21 Å². The zero-order valence-electron chi connectivity index (χ0n) is 9.05. The zero-order valence-corrected chi connectivity index (χ0v) is 12.7. The second-order valence-electron chi connectivity index (χ2n) is 2.74. The third-order valence-electron chi connectivity index (χ3n) is 1.46. The molecule has 9 nitrogen and oxygen atoms in total. The fraction of sp³-hybridized carbons (Fsp3) is 0.500. The van der Waals surface area contributed by atoms with Crippen LogP contribution in [0, 0.1) is 0 Å². The summed E-state index contributed by atoms with van der Waals surface area (Å²) >= 11 is 3.47. The molecule has 0 saturated carbocycles. The molecule has 100 valence electrons. The molecule has 1 heterocycles. The maximum atomic E-state index is 10.8. The van der Waals surface area contributed by atoms with Gasteiger partial charge in [0.05, 0.1) is 6.61 Å². The van der Waals surface area contributed by atoms with Crippen molar-refractivity contribution < 1.29 is 72.8 Å². The van der Waals surface area contributed by atoms with E-state index in [0.717, 1.165) is 0 Å². The minimum absolute atomic E-state index is 0. The predicted octanol–water partition coefficient (Wildman–Crippen LogP) is -5.92. The van der Waals surface area contributed by atoms with E-state index in [1.807, 2.05) is 0 Å². The van der Waals surface area contributed by atoms with Crippen molar-refractivity contribution >= 4 is 26.2 Å². The molecule has 1 rings (SSSR count). The topological polar surface area (TPSA) is 168 Å². The van der Waals surface area contributed by atoms with Gasteiger partial charge < -0.3 is 25.2 Å². The van der Waals surface area contributed by atoms with Gasteiger partial charge in [0.25, 0.3) is 9.05 Å². The molecule has 0 amide bonds. The number of hydrogen-bond acceptors (Lipinski definition) is 8. The third-order valence-corrected chi connectivity index (χ3v) is 1.46. The molecule has 0 bridgehead atoms. The van der Waals surface area contributed by atoms with Crippen LogP contribution in [0.1, 0.15) is 0 Å². The maximum Gasteiger partial charge on any atom is 1.00 e. The molecule has 0 aromatic carbocycles. The van der Waals surface area contributed by atoms with Crippen LogP contribution in [0.3, 0.4) is 0 Å². The monoisotopic (exact) mass is 312 g/mol. The van der Waals surface area contributed by atoms with Crippen molar-refractivity contribution in [2.24, 2.45) is 0 Å². The second kappa shape index (κ2) is 8.24. The number of cyclic esters (lactones) is 1. The van der Waals surface area contributed by atoms with Crippen molar-refractivity contribution in [2.45, 2.75) is 12.2 Å². The van der Waals surface area contributed by atoms with Gasteiger partial charge in [-0.3, -0.25) is 9.11 Å². The summed E-state index contributed by atoms with van der Waals surface area (Å²) in [5.41, 5.74) is 0. The number of rotatable bonds is 2. The van der Waals surface area contributed by atoms with E-state index in [0.29, 0.717) is 0 Å². The molecule has 0 unspecified atom stereocenters. The Morgan fingerprint density at radius 1 is 1.50 bits per heavy atom. The van der Waals surface area contributed by atoms with Gasteiger partial charge in [-0.15, -0.1) is 0 Å². The Kier molecular flexibility index (Phi) is 9.31. The van der Waals surface area contributed by atoms with Crippen LogP contribution in [-0.2, 0) is 29.8 Å². The molecule has 1 aliphatic rings. The van der Waals surface area contributed by atoms with Gasteiger partial charge in [0.1, 0.15) is 12.2 Å². The Morgan fingerprint density at radius 2 is 1.89 bits per heavy atom. The first kappa shape index (κ1) is 20.3. The summed E-state index contributed by atoms with van der Waals surface area (Å²) in [4.78, 5) is 10.5. The summed E-state index contributed by atoms with van der Waals surface area (Å²) < 4.78 is 28.2. The first-order valence-corrected chi connectivity index (χ1v) is 6.27. The van der Waals surface area contributed by atoms with Crippen LogP contribution in [0.2, 0.25) is 0 Å². The van der Waals surface area contributed by atoms with Crippen LogP contribution in [0.4, 0.5) is 0 Å². The van der Waals surface area contributed by atoms with E-state index >= 15 is 0 Å². The summed E-state index contributed by atoms with van der Waals surface area (Å²) in [6.07, 6.45) is -2.95. The van der Waals surface area contributed by atoms with E-state index in [2.05, 4.69) is 15.9 Å². The fourth-order valence-corrected chi connectivity index (χ4v) is 0.809. The molecule has 0 aromatic rings. The van der Waals surface area contributed by atoms with Crippen LogP contribution in [0.25, 0.3) is 0 Å². The first-order valence-electron chi connectivity index (χ1n) is 3.87. The fourth-order valence-electron chi connectivity index (χ4n) is 0.809. The molecule has 18 heavy (non-hydrogen) atoms. The zero-order chi connectivity index (χ0) is 13.8. The second-order valence-corrected chi connectivity index (χ2v) is 4.93. The Morgan fingerprint density at radius 3 is 2.11 bits per heavy atom. The van der Waals surface area contributed by atoms with Crippen LogP contribution in [0.5, 0.6) is 0 Å². The Hall–Kier alpha value is 0.0200. The molecule has 0 aliphatic carbocycles. The summed E-state index contributed by atoms with van der Waals surface area (Å²) in [5, 5.41) is 36.8. The van der Waals surface area contributed by atoms with Crippen molar-refractivity contribution in [1.29, 1.82) is 0 Å². The van der Waals surface area contributed by atoms with Gasteiger partial charge in [0.15, 0.2) is 5.76 Å². The molecule has 0 spiro atoms. The summed E-state index contributed by atoms with van der Waals surface area (Å²) in [6.45, 7) is -0.711. The van der Waals surface area contributed by atoms with Crippen molar-refractivity contribution in [2.75, 3.05) is 6.61 Å². The standard InChI is InChI=1S/C6H8O6.Na.H2O3S2/c7-1-2(8)5-3(9)4(10)6(11)12-5;;1-5(2,3)4/h2,5,7-10H,1H2;;(H2,1,2,3,4)/q;+1;/p-1/t2-,5+;;/m0../s1. The third kappa shape index (κ3) is 7.45. The molecular weight excluding hydrogens is 303 g/mol. The number of ether oxygens (including phenoxy) is 1. The van der Waals surface area contributed by atoms with E-state index in [1.54, 1.807) is 0 Å². The predicted molar refractivity (Wildman–Crippen MR) is 53.4 cm³/mol.